The lowest BCUT2D eigenvalue weighted by Crippen LogP contribution is -1.99. The van der Waals surface area contributed by atoms with Gasteiger partial charge in [0.1, 0.15) is 0 Å². The van der Waals surface area contributed by atoms with Gasteiger partial charge in [-0.1, -0.05) is 12.1 Å². The van der Waals surface area contributed by atoms with Crippen LogP contribution in [0.3, 0.4) is 0 Å². The number of benzene rings is 2. The van der Waals surface area contributed by atoms with Crippen molar-refractivity contribution >= 4 is 11.9 Å². The molecule has 26 heavy (non-hydrogen) atoms. The van der Waals surface area contributed by atoms with Gasteiger partial charge in [0, 0.05) is 12.0 Å². The molecule has 0 aliphatic rings. The molecule has 130 valence electrons. The van der Waals surface area contributed by atoms with Gasteiger partial charge in [0.25, 0.3) is 0 Å². The summed E-state index contributed by atoms with van der Waals surface area (Å²) in [5, 5.41) is 17.4. The van der Waals surface area contributed by atoms with Crippen LogP contribution in [0.5, 0.6) is 11.5 Å². The molecule has 2 aromatic carbocycles. The monoisotopic (exact) mass is 346 g/mol. The Morgan fingerprint density at radius 1 is 1.12 bits per heavy atom. The number of carbonyl (C=O) groups excluding carboxylic acids is 1. The van der Waals surface area contributed by atoms with Crippen molar-refractivity contribution in [1.29, 1.82) is 10.5 Å². The second kappa shape index (κ2) is 9.66. The molecule has 0 heterocycles. The standard InChI is InChI=1S/C21H18N2O3/c1-25-20-11-7-16(14-21(20)26-13-3-2-12-22)6-10-19(24)18-8-4-17(15-23)5-9-18/h4-11,14H,2-3,13H2,1H3. The van der Waals surface area contributed by atoms with Crippen molar-refractivity contribution in [2.75, 3.05) is 13.7 Å². The van der Waals surface area contributed by atoms with E-state index in [2.05, 4.69) is 6.07 Å². The van der Waals surface area contributed by atoms with Crippen LogP contribution in [0.15, 0.2) is 48.5 Å². The van der Waals surface area contributed by atoms with Crippen LogP contribution in [-0.2, 0) is 0 Å². The number of nitrogens with zero attached hydrogens (tertiary/aromatic N) is 2. The summed E-state index contributed by atoms with van der Waals surface area (Å²) in [7, 11) is 1.56. The summed E-state index contributed by atoms with van der Waals surface area (Å²) in [5.41, 5.74) is 1.82. The molecule has 0 saturated heterocycles. The summed E-state index contributed by atoms with van der Waals surface area (Å²) in [6, 6.07) is 16.0. The van der Waals surface area contributed by atoms with Gasteiger partial charge in [-0.3, -0.25) is 4.79 Å². The van der Waals surface area contributed by atoms with Gasteiger partial charge in [-0.05, 0) is 54.5 Å². The third-order valence-corrected chi connectivity index (χ3v) is 3.60. The van der Waals surface area contributed by atoms with E-state index in [1.54, 1.807) is 49.6 Å². The maximum Gasteiger partial charge on any atom is 0.185 e. The van der Waals surface area contributed by atoms with Crippen molar-refractivity contribution in [3.05, 3.63) is 65.2 Å². The minimum Gasteiger partial charge on any atom is -0.493 e. The van der Waals surface area contributed by atoms with Crippen molar-refractivity contribution in [2.24, 2.45) is 0 Å². The minimum atomic E-state index is -0.151. The number of hydrogen-bond acceptors (Lipinski definition) is 5. The minimum absolute atomic E-state index is 0.151. The topological polar surface area (TPSA) is 83.1 Å². The predicted octanol–water partition coefficient (Wildman–Crippen LogP) is 4.15. The molecule has 2 rings (SSSR count). The van der Waals surface area contributed by atoms with E-state index in [0.717, 1.165) is 5.56 Å². The Labute approximate surface area is 152 Å². The highest BCUT2D eigenvalue weighted by Gasteiger charge is 2.06. The smallest absolute Gasteiger partial charge is 0.185 e. The third-order valence-electron chi connectivity index (χ3n) is 3.60. The molecule has 0 N–H and O–H groups in total. The van der Waals surface area contributed by atoms with E-state index in [0.29, 0.717) is 42.1 Å². The first-order valence-corrected chi connectivity index (χ1v) is 8.08. The first-order chi connectivity index (χ1) is 12.7. The van der Waals surface area contributed by atoms with E-state index in [1.807, 2.05) is 12.1 Å². The Kier molecular flexibility index (Phi) is 6.97. The highest BCUT2D eigenvalue weighted by Crippen LogP contribution is 2.28. The summed E-state index contributed by atoms with van der Waals surface area (Å²) < 4.78 is 10.9. The molecule has 0 unspecified atom stereocenters. The second-order valence-corrected chi connectivity index (χ2v) is 5.41. The number of unbranched alkanes of at least 4 members (excludes halogenated alkanes) is 1. The molecule has 2 aromatic rings. The number of ketones is 1. The van der Waals surface area contributed by atoms with E-state index < -0.39 is 0 Å². The average molecular weight is 346 g/mol. The van der Waals surface area contributed by atoms with Crippen LogP contribution in [0.25, 0.3) is 6.08 Å². The molecule has 0 aliphatic heterocycles. The molecule has 0 spiro atoms. The molecule has 0 aliphatic carbocycles. The fourth-order valence-corrected chi connectivity index (χ4v) is 2.22. The number of nitriles is 2. The zero-order valence-corrected chi connectivity index (χ0v) is 14.4. The molecular formula is C21H18N2O3. The highest BCUT2D eigenvalue weighted by atomic mass is 16.5. The van der Waals surface area contributed by atoms with Crippen molar-refractivity contribution in [1.82, 2.24) is 0 Å². The highest BCUT2D eigenvalue weighted by molar-refractivity contribution is 6.06. The summed E-state index contributed by atoms with van der Waals surface area (Å²) in [6.45, 7) is 0.418. The zero-order chi connectivity index (χ0) is 18.8. The maximum atomic E-state index is 12.2. The number of rotatable bonds is 8. The SMILES string of the molecule is COc1ccc(C=CC(=O)c2ccc(C#N)cc2)cc1OCCCC#N. The number of allylic oxidation sites excluding steroid dienone is 1. The molecule has 0 fully saturated rings. The van der Waals surface area contributed by atoms with Gasteiger partial charge in [-0.25, -0.2) is 0 Å². The number of hydrogen-bond donors (Lipinski definition) is 0. The van der Waals surface area contributed by atoms with Crippen molar-refractivity contribution in [2.45, 2.75) is 12.8 Å². The molecule has 5 heteroatoms. The Balaban J connectivity index is 2.09. The summed E-state index contributed by atoms with van der Waals surface area (Å²) in [6.07, 6.45) is 4.24. The van der Waals surface area contributed by atoms with E-state index in [9.17, 15) is 4.79 Å². The Morgan fingerprint density at radius 3 is 2.54 bits per heavy atom. The van der Waals surface area contributed by atoms with Gasteiger partial charge in [0.15, 0.2) is 17.3 Å². The largest absolute Gasteiger partial charge is 0.493 e. The third kappa shape index (κ3) is 5.22. The van der Waals surface area contributed by atoms with Crippen molar-refractivity contribution in [3.63, 3.8) is 0 Å². The summed E-state index contributed by atoms with van der Waals surface area (Å²) >= 11 is 0. The number of carbonyl (C=O) groups is 1. The van der Waals surface area contributed by atoms with E-state index in [1.165, 1.54) is 6.08 Å². The van der Waals surface area contributed by atoms with E-state index >= 15 is 0 Å². The second-order valence-electron chi connectivity index (χ2n) is 5.41. The normalized spacial score (nSPS) is 10.1. The van der Waals surface area contributed by atoms with Crippen LogP contribution in [0.2, 0.25) is 0 Å². The molecule has 0 aromatic heterocycles. The Morgan fingerprint density at radius 2 is 1.88 bits per heavy atom. The van der Waals surface area contributed by atoms with Gasteiger partial charge in [-0.15, -0.1) is 0 Å². The molecular weight excluding hydrogens is 328 g/mol. The van der Waals surface area contributed by atoms with Crippen LogP contribution < -0.4 is 9.47 Å². The Hall–Kier alpha value is -3.57. The maximum absolute atomic E-state index is 12.2. The Bertz CT molecular complexity index is 872. The lowest BCUT2D eigenvalue weighted by atomic mass is 10.1. The molecule has 0 atom stereocenters. The van der Waals surface area contributed by atoms with Gasteiger partial charge in [0.2, 0.25) is 0 Å². The summed E-state index contributed by atoms with van der Waals surface area (Å²) in [4.78, 5) is 12.2. The van der Waals surface area contributed by atoms with E-state index in [-0.39, 0.29) is 5.78 Å². The first-order valence-electron chi connectivity index (χ1n) is 8.08. The number of ether oxygens (including phenoxy) is 2. The lowest BCUT2D eigenvalue weighted by Gasteiger charge is -2.10. The van der Waals surface area contributed by atoms with Crippen LogP contribution in [-0.4, -0.2) is 19.5 Å². The van der Waals surface area contributed by atoms with Crippen LogP contribution in [0.1, 0.15) is 34.3 Å². The van der Waals surface area contributed by atoms with Gasteiger partial charge in [0.05, 0.1) is 31.4 Å². The van der Waals surface area contributed by atoms with Gasteiger partial charge >= 0.3 is 0 Å². The fourth-order valence-electron chi connectivity index (χ4n) is 2.22. The molecule has 0 saturated carbocycles. The van der Waals surface area contributed by atoms with E-state index in [4.69, 9.17) is 20.0 Å². The first kappa shape index (κ1) is 18.8. The summed E-state index contributed by atoms with van der Waals surface area (Å²) in [5.74, 6) is 1.01. The van der Waals surface area contributed by atoms with Crippen LogP contribution in [0, 0.1) is 22.7 Å². The van der Waals surface area contributed by atoms with Gasteiger partial charge < -0.3 is 9.47 Å². The number of methoxy groups -OCH3 is 1. The predicted molar refractivity (Wildman–Crippen MR) is 97.9 cm³/mol. The molecule has 0 bridgehead atoms. The average Bonchev–Trinajstić information content (AvgIpc) is 2.69. The zero-order valence-electron chi connectivity index (χ0n) is 14.4. The van der Waals surface area contributed by atoms with Crippen LogP contribution in [0.4, 0.5) is 0 Å². The quantitative estimate of drug-likeness (QED) is 0.407. The molecule has 0 radical (unpaired) electrons. The fraction of sp³-hybridized carbons (Fsp3) is 0.190. The molecule has 5 nitrogen and oxygen atoms in total. The lowest BCUT2D eigenvalue weighted by molar-refractivity contribution is 0.104. The van der Waals surface area contributed by atoms with Crippen molar-refractivity contribution < 1.29 is 14.3 Å². The van der Waals surface area contributed by atoms with Gasteiger partial charge in [-0.2, -0.15) is 10.5 Å². The molecule has 0 amide bonds. The van der Waals surface area contributed by atoms with Crippen molar-refractivity contribution in [3.8, 4) is 23.6 Å². The van der Waals surface area contributed by atoms with Crippen LogP contribution >= 0.6 is 0 Å².